The number of hydrogen-bond acceptors (Lipinski definition) is 0. The van der Waals surface area contributed by atoms with Crippen molar-refractivity contribution in [1.82, 2.24) is 0 Å². The predicted molar refractivity (Wildman–Crippen MR) is 62.5 cm³/mol. The first-order chi connectivity index (χ1) is 7.61. The van der Waals surface area contributed by atoms with Crippen molar-refractivity contribution >= 4 is 0 Å². The van der Waals surface area contributed by atoms with Gasteiger partial charge in [-0.2, -0.15) is 4.57 Å². The Labute approximate surface area is 95.2 Å². The normalized spacial score (nSPS) is 10.5. The maximum atomic E-state index is 13.8. The quantitative estimate of drug-likeness (QED) is 0.509. The maximum absolute atomic E-state index is 13.8. The van der Waals surface area contributed by atoms with Gasteiger partial charge in [0.1, 0.15) is 7.05 Å². The Bertz CT molecular complexity index is 532. The standard InChI is InChI=1S/C14H15FN/c1-10-6-4-5-7-12(10)13-9-8-11(2)14(15)16(13)3/h4-9H,1-3H3/q+1. The Hall–Kier alpha value is -1.70. The van der Waals surface area contributed by atoms with Crippen LogP contribution >= 0.6 is 0 Å². The molecule has 0 unspecified atom stereocenters. The highest BCUT2D eigenvalue weighted by Gasteiger charge is 2.17. The van der Waals surface area contributed by atoms with Gasteiger partial charge in [0.25, 0.3) is 0 Å². The van der Waals surface area contributed by atoms with Gasteiger partial charge in [0, 0.05) is 11.6 Å². The van der Waals surface area contributed by atoms with Crippen LogP contribution in [-0.4, -0.2) is 0 Å². The molecule has 0 fully saturated rings. The third-order valence-electron chi connectivity index (χ3n) is 2.89. The molecular formula is C14H15FN+. The zero-order valence-corrected chi connectivity index (χ0v) is 9.79. The predicted octanol–water partition coefficient (Wildman–Crippen LogP) is 2.93. The van der Waals surface area contributed by atoms with E-state index in [1.807, 2.05) is 43.3 Å². The Morgan fingerprint density at radius 3 is 2.31 bits per heavy atom. The number of aromatic nitrogens is 1. The third kappa shape index (κ3) is 1.71. The van der Waals surface area contributed by atoms with Crippen LogP contribution in [0.3, 0.4) is 0 Å². The summed E-state index contributed by atoms with van der Waals surface area (Å²) >= 11 is 0. The minimum absolute atomic E-state index is 0.180. The van der Waals surface area contributed by atoms with Crippen molar-refractivity contribution < 1.29 is 8.96 Å². The second-order valence-corrected chi connectivity index (χ2v) is 4.07. The van der Waals surface area contributed by atoms with Crippen LogP contribution in [-0.2, 0) is 7.05 Å². The lowest BCUT2D eigenvalue weighted by Gasteiger charge is -2.05. The van der Waals surface area contributed by atoms with Gasteiger partial charge in [-0.3, -0.25) is 0 Å². The molecule has 1 nitrogen and oxygen atoms in total. The number of benzene rings is 1. The first-order valence-corrected chi connectivity index (χ1v) is 5.32. The van der Waals surface area contributed by atoms with Crippen LogP contribution < -0.4 is 4.57 Å². The maximum Gasteiger partial charge on any atom is 0.362 e. The van der Waals surface area contributed by atoms with Crippen LogP contribution in [0, 0.1) is 19.8 Å². The summed E-state index contributed by atoms with van der Waals surface area (Å²) in [6.07, 6.45) is 0. The smallest absolute Gasteiger partial charge is 0.169 e. The van der Waals surface area contributed by atoms with E-state index in [2.05, 4.69) is 0 Å². The molecule has 0 amide bonds. The number of pyridine rings is 1. The molecule has 2 rings (SSSR count). The van der Waals surface area contributed by atoms with Gasteiger partial charge >= 0.3 is 5.95 Å². The topological polar surface area (TPSA) is 3.88 Å². The van der Waals surface area contributed by atoms with E-state index in [9.17, 15) is 4.39 Å². The molecule has 0 bridgehead atoms. The molecule has 1 heterocycles. The van der Waals surface area contributed by atoms with E-state index in [1.54, 1.807) is 18.5 Å². The molecule has 0 N–H and O–H groups in total. The lowest BCUT2D eigenvalue weighted by Crippen LogP contribution is -2.36. The zero-order valence-electron chi connectivity index (χ0n) is 9.79. The highest BCUT2D eigenvalue weighted by Crippen LogP contribution is 2.20. The monoisotopic (exact) mass is 216 g/mol. The summed E-state index contributed by atoms with van der Waals surface area (Å²) in [5.74, 6) is -0.180. The van der Waals surface area contributed by atoms with Crippen LogP contribution in [0.15, 0.2) is 36.4 Å². The van der Waals surface area contributed by atoms with Gasteiger partial charge in [0.05, 0.1) is 5.56 Å². The summed E-state index contributed by atoms with van der Waals surface area (Å²) in [6, 6.07) is 11.8. The molecule has 0 aliphatic rings. The lowest BCUT2D eigenvalue weighted by molar-refractivity contribution is -0.689. The van der Waals surface area contributed by atoms with Crippen LogP contribution in [0.5, 0.6) is 0 Å². The van der Waals surface area contributed by atoms with Crippen molar-refractivity contribution in [2.75, 3.05) is 0 Å². The van der Waals surface area contributed by atoms with Crippen molar-refractivity contribution in [1.29, 1.82) is 0 Å². The van der Waals surface area contributed by atoms with Gasteiger partial charge < -0.3 is 0 Å². The lowest BCUT2D eigenvalue weighted by atomic mass is 10.0. The largest absolute Gasteiger partial charge is 0.362 e. The molecule has 0 radical (unpaired) electrons. The Morgan fingerprint density at radius 1 is 0.938 bits per heavy atom. The molecule has 0 aliphatic carbocycles. The highest BCUT2D eigenvalue weighted by atomic mass is 19.1. The van der Waals surface area contributed by atoms with Gasteiger partial charge in [-0.05, 0) is 31.5 Å². The molecule has 1 aromatic carbocycles. The molecule has 2 aromatic rings. The molecule has 16 heavy (non-hydrogen) atoms. The summed E-state index contributed by atoms with van der Waals surface area (Å²) < 4.78 is 15.4. The van der Waals surface area contributed by atoms with E-state index in [0.29, 0.717) is 5.56 Å². The number of halogens is 1. The SMILES string of the molecule is Cc1ccccc1-c1ccc(C)c(F)[n+]1C. The average molecular weight is 216 g/mol. The Balaban J connectivity index is 2.66. The molecule has 2 heteroatoms. The molecule has 0 aliphatic heterocycles. The molecule has 1 aromatic heterocycles. The third-order valence-corrected chi connectivity index (χ3v) is 2.89. The molecule has 82 valence electrons. The van der Waals surface area contributed by atoms with Crippen molar-refractivity contribution in [2.24, 2.45) is 7.05 Å². The van der Waals surface area contributed by atoms with Gasteiger partial charge in [-0.1, -0.05) is 18.2 Å². The second-order valence-electron chi connectivity index (χ2n) is 4.07. The minimum atomic E-state index is -0.180. The fraction of sp³-hybridized carbons (Fsp3) is 0.214. The fourth-order valence-corrected chi connectivity index (χ4v) is 1.89. The van der Waals surface area contributed by atoms with E-state index in [0.717, 1.165) is 16.8 Å². The van der Waals surface area contributed by atoms with Gasteiger partial charge in [-0.25, -0.2) is 0 Å². The van der Waals surface area contributed by atoms with Crippen LogP contribution in [0.4, 0.5) is 4.39 Å². The van der Waals surface area contributed by atoms with Crippen LogP contribution in [0.25, 0.3) is 11.3 Å². The molecule has 0 atom stereocenters. The molecule has 0 saturated heterocycles. The van der Waals surface area contributed by atoms with Gasteiger partial charge in [0.2, 0.25) is 5.69 Å². The zero-order chi connectivity index (χ0) is 11.7. The summed E-state index contributed by atoms with van der Waals surface area (Å²) in [5.41, 5.74) is 3.80. The van der Waals surface area contributed by atoms with E-state index in [1.165, 1.54) is 0 Å². The van der Waals surface area contributed by atoms with E-state index < -0.39 is 0 Å². The number of hydrogen-bond donors (Lipinski definition) is 0. The Kier molecular flexibility index (Phi) is 2.73. The second kappa shape index (κ2) is 4.05. The number of rotatable bonds is 1. The highest BCUT2D eigenvalue weighted by molar-refractivity contribution is 5.60. The first kappa shape index (κ1) is 10.8. The van der Waals surface area contributed by atoms with Gasteiger partial charge in [0.15, 0.2) is 0 Å². The van der Waals surface area contributed by atoms with E-state index in [-0.39, 0.29) is 5.95 Å². The minimum Gasteiger partial charge on any atom is -0.169 e. The molecule has 0 saturated carbocycles. The summed E-state index contributed by atoms with van der Waals surface area (Å²) in [4.78, 5) is 0. The molecular weight excluding hydrogens is 201 g/mol. The van der Waals surface area contributed by atoms with Crippen LogP contribution in [0.2, 0.25) is 0 Å². The van der Waals surface area contributed by atoms with Gasteiger partial charge in [-0.15, -0.1) is 4.39 Å². The number of nitrogens with zero attached hydrogens (tertiary/aromatic N) is 1. The summed E-state index contributed by atoms with van der Waals surface area (Å²) in [6.45, 7) is 3.81. The summed E-state index contributed by atoms with van der Waals surface area (Å²) in [5, 5.41) is 0. The van der Waals surface area contributed by atoms with Crippen LogP contribution in [0.1, 0.15) is 11.1 Å². The summed E-state index contributed by atoms with van der Waals surface area (Å²) in [7, 11) is 1.75. The molecule has 0 spiro atoms. The van der Waals surface area contributed by atoms with Crippen molar-refractivity contribution in [2.45, 2.75) is 13.8 Å². The van der Waals surface area contributed by atoms with E-state index >= 15 is 0 Å². The van der Waals surface area contributed by atoms with Crippen molar-refractivity contribution in [3.05, 3.63) is 53.5 Å². The van der Waals surface area contributed by atoms with E-state index in [4.69, 9.17) is 0 Å². The van der Waals surface area contributed by atoms with Crippen molar-refractivity contribution in [3.63, 3.8) is 0 Å². The number of aryl methyl sites for hydroxylation is 2. The first-order valence-electron chi connectivity index (χ1n) is 5.32. The van der Waals surface area contributed by atoms with Crippen molar-refractivity contribution in [3.8, 4) is 11.3 Å². The fourth-order valence-electron chi connectivity index (χ4n) is 1.89. The average Bonchev–Trinajstić information content (AvgIpc) is 2.28. The Morgan fingerprint density at radius 2 is 1.62 bits per heavy atom.